The Balaban J connectivity index is 1.66. The van der Waals surface area contributed by atoms with Gasteiger partial charge in [-0.05, 0) is 66.8 Å². The minimum atomic E-state index is -0.792. The highest BCUT2D eigenvalue weighted by Gasteiger charge is 2.14. The number of benzene rings is 3. The van der Waals surface area contributed by atoms with Crippen LogP contribution in [0.2, 0.25) is 0 Å². The minimum Gasteiger partial charge on any atom is -0.297 e. The Labute approximate surface area is 160 Å². The van der Waals surface area contributed by atoms with Crippen LogP contribution in [-0.4, -0.2) is 17.5 Å². The summed E-state index contributed by atoms with van der Waals surface area (Å²) in [5.74, 6) is -1.14. The Morgan fingerprint density at radius 1 is 0.815 bits per heavy atom. The fourth-order valence-corrected chi connectivity index (χ4v) is 3.43. The summed E-state index contributed by atoms with van der Waals surface area (Å²) in [5, 5.41) is 2.53. The number of rotatable bonds is 7. The highest BCUT2D eigenvalue weighted by atomic mass is 19.2. The first-order valence-electron chi connectivity index (χ1n) is 9.60. The molecule has 0 saturated carbocycles. The largest absolute Gasteiger partial charge is 0.297 e. The van der Waals surface area contributed by atoms with Crippen LogP contribution >= 0.6 is 0 Å². The highest BCUT2D eigenvalue weighted by molar-refractivity contribution is 5.83. The van der Waals surface area contributed by atoms with Crippen molar-refractivity contribution < 1.29 is 8.78 Å². The number of fused-ring (bicyclic) bond motifs is 1. The van der Waals surface area contributed by atoms with E-state index >= 15 is 0 Å². The van der Waals surface area contributed by atoms with Crippen molar-refractivity contribution in [3.8, 4) is 0 Å². The molecule has 27 heavy (non-hydrogen) atoms. The van der Waals surface area contributed by atoms with Gasteiger partial charge in [0.1, 0.15) is 0 Å². The third-order valence-electron chi connectivity index (χ3n) is 5.29. The van der Waals surface area contributed by atoms with Crippen LogP contribution in [0.1, 0.15) is 44.2 Å². The monoisotopic (exact) mass is 367 g/mol. The van der Waals surface area contributed by atoms with Crippen molar-refractivity contribution in [3.63, 3.8) is 0 Å². The van der Waals surface area contributed by atoms with Gasteiger partial charge < -0.3 is 0 Å². The second-order valence-electron chi connectivity index (χ2n) is 7.61. The molecule has 0 amide bonds. The van der Waals surface area contributed by atoms with Gasteiger partial charge in [-0.1, -0.05) is 55.5 Å². The van der Waals surface area contributed by atoms with Gasteiger partial charge in [0.25, 0.3) is 0 Å². The minimum absolute atomic E-state index is 0.335. The van der Waals surface area contributed by atoms with E-state index in [9.17, 15) is 8.78 Å². The van der Waals surface area contributed by atoms with Crippen LogP contribution in [0, 0.1) is 11.6 Å². The molecule has 0 aliphatic carbocycles. The lowest BCUT2D eigenvalue weighted by atomic mass is 9.95. The molecule has 0 fully saturated rings. The highest BCUT2D eigenvalue weighted by Crippen LogP contribution is 2.25. The lowest BCUT2D eigenvalue weighted by molar-refractivity contribution is 0.205. The number of halogens is 2. The van der Waals surface area contributed by atoms with E-state index in [0.717, 1.165) is 18.5 Å². The van der Waals surface area contributed by atoms with Crippen molar-refractivity contribution in [3.05, 3.63) is 83.4 Å². The Kier molecular flexibility index (Phi) is 6.22. The molecule has 0 aliphatic rings. The number of hydrogen-bond donors (Lipinski definition) is 0. The maximum Gasteiger partial charge on any atom is 0.159 e. The van der Waals surface area contributed by atoms with Gasteiger partial charge in [-0.25, -0.2) is 8.78 Å². The van der Waals surface area contributed by atoms with Crippen LogP contribution in [0.15, 0.2) is 60.7 Å². The summed E-state index contributed by atoms with van der Waals surface area (Å²) in [7, 11) is 0. The molecule has 3 rings (SSSR count). The van der Waals surface area contributed by atoms with Gasteiger partial charge in [-0.2, -0.15) is 0 Å². The molecule has 1 nitrogen and oxygen atoms in total. The topological polar surface area (TPSA) is 3.24 Å². The molecular formula is C24H27F2N. The number of nitrogens with zero attached hydrogens (tertiary/aromatic N) is 1. The Morgan fingerprint density at radius 2 is 1.56 bits per heavy atom. The molecule has 0 bridgehead atoms. The van der Waals surface area contributed by atoms with Crippen molar-refractivity contribution in [2.75, 3.05) is 6.54 Å². The first-order chi connectivity index (χ1) is 12.9. The fraction of sp³-hybridized carbons (Fsp3) is 0.333. The van der Waals surface area contributed by atoms with Crippen LogP contribution in [0.3, 0.4) is 0 Å². The van der Waals surface area contributed by atoms with E-state index in [-0.39, 0.29) is 0 Å². The maximum absolute atomic E-state index is 13.5. The molecule has 0 heterocycles. The molecule has 0 radical (unpaired) electrons. The molecule has 3 aromatic rings. The lowest BCUT2D eigenvalue weighted by Crippen LogP contribution is -2.32. The zero-order valence-electron chi connectivity index (χ0n) is 16.3. The smallest absolute Gasteiger partial charge is 0.159 e. The summed E-state index contributed by atoms with van der Waals surface area (Å²) in [6.45, 7) is 8.06. The molecule has 0 aliphatic heterocycles. The van der Waals surface area contributed by atoms with Crippen LogP contribution in [0.4, 0.5) is 8.78 Å². The van der Waals surface area contributed by atoms with E-state index in [1.54, 1.807) is 6.07 Å². The van der Waals surface area contributed by atoms with Crippen LogP contribution in [0.5, 0.6) is 0 Å². The van der Waals surface area contributed by atoms with Gasteiger partial charge in [0, 0.05) is 12.6 Å². The van der Waals surface area contributed by atoms with Gasteiger partial charge in [0.2, 0.25) is 0 Å². The van der Waals surface area contributed by atoms with E-state index in [1.165, 1.54) is 28.5 Å². The summed E-state index contributed by atoms with van der Waals surface area (Å²) >= 11 is 0. The van der Waals surface area contributed by atoms with E-state index in [4.69, 9.17) is 0 Å². The normalized spacial score (nSPS) is 12.9. The molecule has 0 saturated heterocycles. The molecule has 3 aromatic carbocycles. The second kappa shape index (κ2) is 8.62. The van der Waals surface area contributed by atoms with Gasteiger partial charge in [-0.15, -0.1) is 0 Å². The summed E-state index contributed by atoms with van der Waals surface area (Å²) in [5.41, 5.74) is 2.14. The standard InChI is InChI=1S/C24H27F2N/c1-17(2)27(16-19-8-11-23(25)24(26)14-19)13-12-18(3)21-10-9-20-6-4-5-7-22(20)15-21/h4-11,14-15,17-18H,12-13,16H2,1-3H3. The second-order valence-corrected chi connectivity index (χ2v) is 7.61. The molecular weight excluding hydrogens is 340 g/mol. The molecule has 1 atom stereocenters. The van der Waals surface area contributed by atoms with Crippen LogP contribution in [-0.2, 0) is 6.54 Å². The fourth-order valence-electron chi connectivity index (χ4n) is 3.43. The van der Waals surface area contributed by atoms with Gasteiger partial charge in [0.15, 0.2) is 11.6 Å². The average Bonchev–Trinajstić information content (AvgIpc) is 2.67. The van der Waals surface area contributed by atoms with E-state index in [2.05, 4.69) is 68.1 Å². The first kappa shape index (κ1) is 19.5. The van der Waals surface area contributed by atoms with Gasteiger partial charge >= 0.3 is 0 Å². The van der Waals surface area contributed by atoms with Crippen molar-refractivity contribution >= 4 is 10.8 Å². The zero-order valence-corrected chi connectivity index (χ0v) is 16.3. The number of hydrogen-bond acceptors (Lipinski definition) is 1. The Morgan fingerprint density at radius 3 is 2.26 bits per heavy atom. The van der Waals surface area contributed by atoms with Crippen LogP contribution in [0.25, 0.3) is 10.8 Å². The van der Waals surface area contributed by atoms with Crippen LogP contribution < -0.4 is 0 Å². The predicted molar refractivity (Wildman–Crippen MR) is 109 cm³/mol. The van der Waals surface area contributed by atoms with E-state index in [1.807, 2.05) is 0 Å². The Bertz CT molecular complexity index is 904. The first-order valence-corrected chi connectivity index (χ1v) is 9.60. The zero-order chi connectivity index (χ0) is 19.4. The molecule has 1 unspecified atom stereocenters. The maximum atomic E-state index is 13.5. The predicted octanol–water partition coefficient (Wildman–Crippen LogP) is 6.52. The molecule has 3 heteroatoms. The van der Waals surface area contributed by atoms with Gasteiger partial charge in [-0.3, -0.25) is 4.90 Å². The van der Waals surface area contributed by atoms with Crippen molar-refractivity contribution in [1.29, 1.82) is 0 Å². The quantitative estimate of drug-likeness (QED) is 0.459. The Hall–Kier alpha value is -2.26. The third-order valence-corrected chi connectivity index (χ3v) is 5.29. The molecule has 142 valence electrons. The lowest BCUT2D eigenvalue weighted by Gasteiger charge is -2.28. The summed E-state index contributed by atoms with van der Waals surface area (Å²) in [6, 6.07) is 19.6. The van der Waals surface area contributed by atoms with E-state index in [0.29, 0.717) is 18.5 Å². The molecule has 0 aromatic heterocycles. The van der Waals surface area contributed by atoms with E-state index < -0.39 is 11.6 Å². The van der Waals surface area contributed by atoms with Crippen molar-refractivity contribution in [1.82, 2.24) is 4.90 Å². The van der Waals surface area contributed by atoms with Crippen molar-refractivity contribution in [2.24, 2.45) is 0 Å². The average molecular weight is 367 g/mol. The third kappa shape index (κ3) is 4.92. The summed E-state index contributed by atoms with van der Waals surface area (Å²) in [6.07, 6.45) is 1.01. The molecule has 0 spiro atoms. The molecule has 0 N–H and O–H groups in total. The summed E-state index contributed by atoms with van der Waals surface area (Å²) < 4.78 is 26.7. The van der Waals surface area contributed by atoms with Gasteiger partial charge in [0.05, 0.1) is 0 Å². The van der Waals surface area contributed by atoms with Crippen molar-refractivity contribution in [2.45, 2.75) is 45.7 Å². The summed E-state index contributed by atoms with van der Waals surface area (Å²) in [4.78, 5) is 2.31. The SMILES string of the molecule is CC(CCN(Cc1ccc(F)c(F)c1)C(C)C)c1ccc2ccccc2c1.